The number of phenols is 1. The molecule has 0 atom stereocenters. The Hall–Kier alpha value is -3.53. The van der Waals surface area contributed by atoms with E-state index in [-0.39, 0.29) is 11.5 Å². The van der Waals surface area contributed by atoms with Crippen molar-refractivity contribution in [2.45, 2.75) is 20.5 Å². The molecule has 0 fully saturated rings. The standard InChI is InChI=1S/C25H24O4/c1-17-6-4-9-24(18(17)2)29-16-21-14-19(11-13-25(21)28-3)10-12-23(27)20-7-5-8-22(26)15-20/h4-15,26H,16H2,1-3H3/b12-10+. The van der Waals surface area contributed by atoms with Gasteiger partial charge >= 0.3 is 0 Å². The van der Waals surface area contributed by atoms with Crippen LogP contribution in [0.3, 0.4) is 0 Å². The first-order valence-electron chi connectivity index (χ1n) is 9.35. The highest BCUT2D eigenvalue weighted by Crippen LogP contribution is 2.26. The molecule has 0 saturated carbocycles. The van der Waals surface area contributed by atoms with Crippen LogP contribution in [0.25, 0.3) is 6.08 Å². The second-order valence-corrected chi connectivity index (χ2v) is 6.81. The number of phenolic OH excluding ortho intramolecular Hbond substituents is 1. The molecule has 0 aliphatic carbocycles. The number of hydrogen-bond acceptors (Lipinski definition) is 4. The monoisotopic (exact) mass is 388 g/mol. The largest absolute Gasteiger partial charge is 0.508 e. The summed E-state index contributed by atoms with van der Waals surface area (Å²) in [5, 5.41) is 9.53. The van der Waals surface area contributed by atoms with E-state index in [1.54, 1.807) is 25.3 Å². The highest BCUT2D eigenvalue weighted by Gasteiger charge is 2.08. The number of hydrogen-bond donors (Lipinski definition) is 1. The molecule has 3 aromatic carbocycles. The van der Waals surface area contributed by atoms with Gasteiger partial charge in [-0.15, -0.1) is 0 Å². The molecule has 3 rings (SSSR count). The number of rotatable bonds is 7. The Morgan fingerprint density at radius 2 is 1.79 bits per heavy atom. The maximum absolute atomic E-state index is 12.3. The van der Waals surface area contributed by atoms with E-state index in [0.717, 1.165) is 28.2 Å². The molecule has 4 heteroatoms. The highest BCUT2D eigenvalue weighted by atomic mass is 16.5. The number of carbonyl (C=O) groups is 1. The zero-order valence-corrected chi connectivity index (χ0v) is 16.8. The fraction of sp³-hybridized carbons (Fsp3) is 0.160. The van der Waals surface area contributed by atoms with E-state index in [1.807, 2.05) is 37.3 Å². The van der Waals surface area contributed by atoms with Crippen molar-refractivity contribution >= 4 is 11.9 Å². The lowest BCUT2D eigenvalue weighted by molar-refractivity contribution is 0.104. The van der Waals surface area contributed by atoms with Crippen LogP contribution in [0.5, 0.6) is 17.2 Å². The predicted octanol–water partition coefficient (Wildman–Crippen LogP) is 5.49. The molecule has 0 unspecified atom stereocenters. The van der Waals surface area contributed by atoms with Gasteiger partial charge in [-0.05, 0) is 66.9 Å². The summed E-state index contributed by atoms with van der Waals surface area (Å²) in [7, 11) is 1.62. The molecule has 0 aliphatic rings. The van der Waals surface area contributed by atoms with Gasteiger partial charge in [0.15, 0.2) is 5.78 Å². The summed E-state index contributed by atoms with van der Waals surface area (Å²) in [6.07, 6.45) is 3.24. The summed E-state index contributed by atoms with van der Waals surface area (Å²) >= 11 is 0. The molecular weight excluding hydrogens is 364 g/mol. The summed E-state index contributed by atoms with van der Waals surface area (Å²) in [5.74, 6) is 1.46. The number of carbonyl (C=O) groups excluding carboxylic acids is 1. The van der Waals surface area contributed by atoms with Crippen LogP contribution in [0.4, 0.5) is 0 Å². The minimum atomic E-state index is -0.176. The van der Waals surface area contributed by atoms with E-state index in [2.05, 4.69) is 13.0 Å². The topological polar surface area (TPSA) is 55.8 Å². The van der Waals surface area contributed by atoms with Gasteiger partial charge in [-0.25, -0.2) is 0 Å². The van der Waals surface area contributed by atoms with E-state index in [9.17, 15) is 9.90 Å². The van der Waals surface area contributed by atoms with E-state index in [4.69, 9.17) is 9.47 Å². The van der Waals surface area contributed by atoms with Crippen LogP contribution in [0.2, 0.25) is 0 Å². The number of allylic oxidation sites excluding steroid dienone is 1. The molecule has 0 radical (unpaired) electrons. The Morgan fingerprint density at radius 3 is 2.55 bits per heavy atom. The summed E-state index contributed by atoms with van der Waals surface area (Å²) in [6.45, 7) is 4.45. The maximum Gasteiger partial charge on any atom is 0.185 e. The summed E-state index contributed by atoms with van der Waals surface area (Å²) in [5.41, 5.74) is 4.48. The molecule has 4 nitrogen and oxygen atoms in total. The number of aryl methyl sites for hydroxylation is 1. The van der Waals surface area contributed by atoms with Crippen LogP contribution in [-0.2, 0) is 6.61 Å². The molecule has 3 aromatic rings. The number of ketones is 1. The third-order valence-electron chi connectivity index (χ3n) is 4.80. The number of aromatic hydroxyl groups is 1. The molecule has 0 aliphatic heterocycles. The average Bonchev–Trinajstić information content (AvgIpc) is 2.73. The molecule has 0 spiro atoms. The van der Waals surface area contributed by atoms with Crippen molar-refractivity contribution < 1.29 is 19.4 Å². The van der Waals surface area contributed by atoms with Gasteiger partial charge in [-0.3, -0.25) is 4.79 Å². The van der Waals surface area contributed by atoms with Crippen LogP contribution in [0, 0.1) is 13.8 Å². The summed E-state index contributed by atoms with van der Waals surface area (Å²) in [4.78, 5) is 12.3. The van der Waals surface area contributed by atoms with Crippen LogP contribution < -0.4 is 9.47 Å². The molecule has 1 N–H and O–H groups in total. The Balaban J connectivity index is 1.77. The third-order valence-corrected chi connectivity index (χ3v) is 4.80. The van der Waals surface area contributed by atoms with Crippen molar-refractivity contribution in [2.75, 3.05) is 7.11 Å². The van der Waals surface area contributed by atoms with Gasteiger partial charge in [-0.1, -0.05) is 36.4 Å². The highest BCUT2D eigenvalue weighted by molar-refractivity contribution is 6.07. The van der Waals surface area contributed by atoms with Crippen molar-refractivity contribution in [3.05, 3.63) is 94.6 Å². The molecule has 0 bridgehead atoms. The first-order chi connectivity index (χ1) is 14.0. The van der Waals surface area contributed by atoms with E-state index < -0.39 is 0 Å². The summed E-state index contributed by atoms with van der Waals surface area (Å²) in [6, 6.07) is 18.0. The normalized spacial score (nSPS) is 10.9. The summed E-state index contributed by atoms with van der Waals surface area (Å²) < 4.78 is 11.5. The number of methoxy groups -OCH3 is 1. The smallest absolute Gasteiger partial charge is 0.185 e. The minimum absolute atomic E-state index is 0.0691. The van der Waals surface area contributed by atoms with Crippen molar-refractivity contribution in [3.8, 4) is 17.2 Å². The molecule has 0 aromatic heterocycles. The van der Waals surface area contributed by atoms with Gasteiger partial charge < -0.3 is 14.6 Å². The minimum Gasteiger partial charge on any atom is -0.508 e. The Kier molecular flexibility index (Phi) is 6.35. The number of benzene rings is 3. The average molecular weight is 388 g/mol. The predicted molar refractivity (Wildman–Crippen MR) is 115 cm³/mol. The van der Waals surface area contributed by atoms with Gasteiger partial charge in [0.25, 0.3) is 0 Å². The van der Waals surface area contributed by atoms with Gasteiger partial charge in [0.05, 0.1) is 7.11 Å². The fourth-order valence-corrected chi connectivity index (χ4v) is 2.98. The van der Waals surface area contributed by atoms with Crippen LogP contribution in [0.15, 0.2) is 66.7 Å². The van der Waals surface area contributed by atoms with Crippen molar-refractivity contribution in [3.63, 3.8) is 0 Å². The molecular formula is C25H24O4. The van der Waals surface area contributed by atoms with Gasteiger partial charge in [0.1, 0.15) is 23.9 Å². The second kappa shape index (κ2) is 9.11. The maximum atomic E-state index is 12.3. The van der Waals surface area contributed by atoms with Crippen LogP contribution >= 0.6 is 0 Å². The Labute approximate surface area is 171 Å². The third kappa shape index (κ3) is 5.05. The van der Waals surface area contributed by atoms with E-state index in [1.165, 1.54) is 23.8 Å². The first kappa shape index (κ1) is 20.2. The van der Waals surface area contributed by atoms with Crippen LogP contribution in [0.1, 0.15) is 32.6 Å². The van der Waals surface area contributed by atoms with E-state index in [0.29, 0.717) is 12.2 Å². The van der Waals surface area contributed by atoms with Crippen molar-refractivity contribution in [1.82, 2.24) is 0 Å². The van der Waals surface area contributed by atoms with Gasteiger partial charge in [0.2, 0.25) is 0 Å². The molecule has 148 valence electrons. The first-order valence-corrected chi connectivity index (χ1v) is 9.35. The molecule has 0 saturated heterocycles. The number of ether oxygens (including phenoxy) is 2. The lowest BCUT2D eigenvalue weighted by Crippen LogP contribution is -2.01. The molecule has 0 heterocycles. The zero-order valence-electron chi connectivity index (χ0n) is 16.8. The van der Waals surface area contributed by atoms with Crippen LogP contribution in [-0.4, -0.2) is 18.0 Å². The van der Waals surface area contributed by atoms with E-state index >= 15 is 0 Å². The lowest BCUT2D eigenvalue weighted by Gasteiger charge is -2.13. The SMILES string of the molecule is COc1ccc(/C=C/C(=O)c2cccc(O)c2)cc1COc1cccc(C)c1C. The fourth-order valence-electron chi connectivity index (χ4n) is 2.98. The molecule has 0 amide bonds. The zero-order chi connectivity index (χ0) is 20.8. The quantitative estimate of drug-likeness (QED) is 0.429. The second-order valence-electron chi connectivity index (χ2n) is 6.81. The van der Waals surface area contributed by atoms with Gasteiger partial charge in [0, 0.05) is 11.1 Å². The van der Waals surface area contributed by atoms with Gasteiger partial charge in [-0.2, -0.15) is 0 Å². The Morgan fingerprint density at radius 1 is 1.00 bits per heavy atom. The lowest BCUT2D eigenvalue weighted by atomic mass is 10.1. The molecule has 29 heavy (non-hydrogen) atoms. The van der Waals surface area contributed by atoms with Crippen molar-refractivity contribution in [2.24, 2.45) is 0 Å². The Bertz CT molecular complexity index is 1050. The van der Waals surface area contributed by atoms with Crippen molar-refractivity contribution in [1.29, 1.82) is 0 Å².